The average Bonchev–Trinajstić information content (AvgIpc) is 3.08. The predicted molar refractivity (Wildman–Crippen MR) is 101 cm³/mol. The molecule has 4 rings (SSSR count). The number of fused-ring (bicyclic) bond motifs is 2. The lowest BCUT2D eigenvalue weighted by atomic mass is 9.77. The minimum Gasteiger partial charge on any atom is -0.327 e. The summed E-state index contributed by atoms with van der Waals surface area (Å²) in [7, 11) is 0. The maximum absolute atomic E-state index is 6.46. The van der Waals surface area contributed by atoms with Crippen molar-refractivity contribution in [1.29, 1.82) is 0 Å². The summed E-state index contributed by atoms with van der Waals surface area (Å²) >= 11 is 0. The van der Waals surface area contributed by atoms with Gasteiger partial charge in [-0.05, 0) is 61.2 Å². The van der Waals surface area contributed by atoms with Gasteiger partial charge < -0.3 is 11.5 Å². The molecule has 0 aliphatic heterocycles. The molecule has 0 saturated heterocycles. The van der Waals surface area contributed by atoms with Gasteiger partial charge in [0.1, 0.15) is 0 Å². The van der Waals surface area contributed by atoms with Crippen LogP contribution in [0.5, 0.6) is 0 Å². The van der Waals surface area contributed by atoms with Gasteiger partial charge in [0, 0.05) is 12.1 Å². The third kappa shape index (κ3) is 3.24. The molecule has 0 spiro atoms. The Morgan fingerprint density at radius 1 is 0.583 bits per heavy atom. The molecule has 0 unspecified atom stereocenters. The van der Waals surface area contributed by atoms with Gasteiger partial charge in [-0.1, -0.05) is 62.8 Å². The molecular formula is C22H36N2. The Balaban J connectivity index is 1.37. The molecule has 0 heterocycles. The van der Waals surface area contributed by atoms with Crippen LogP contribution in [0.3, 0.4) is 0 Å². The van der Waals surface area contributed by atoms with Gasteiger partial charge in [-0.15, -0.1) is 0 Å². The molecule has 4 aliphatic carbocycles. The third-order valence-corrected chi connectivity index (χ3v) is 7.84. The van der Waals surface area contributed by atoms with Crippen LogP contribution in [-0.4, -0.2) is 12.1 Å². The van der Waals surface area contributed by atoms with Crippen molar-refractivity contribution in [3.8, 4) is 0 Å². The van der Waals surface area contributed by atoms with E-state index >= 15 is 0 Å². The topological polar surface area (TPSA) is 52.0 Å². The molecule has 0 aromatic carbocycles. The van der Waals surface area contributed by atoms with Crippen molar-refractivity contribution in [2.24, 2.45) is 47.0 Å². The maximum Gasteiger partial charge on any atom is 0.0107 e. The van der Waals surface area contributed by atoms with Crippen molar-refractivity contribution in [1.82, 2.24) is 0 Å². The van der Waals surface area contributed by atoms with Crippen molar-refractivity contribution in [2.75, 3.05) is 0 Å². The number of allylic oxidation sites excluding steroid dienone is 2. The molecule has 0 amide bonds. The van der Waals surface area contributed by atoms with Gasteiger partial charge in [0.15, 0.2) is 0 Å². The van der Waals surface area contributed by atoms with Crippen LogP contribution >= 0.6 is 0 Å². The fourth-order valence-corrected chi connectivity index (χ4v) is 6.68. The van der Waals surface area contributed by atoms with Crippen LogP contribution in [0.15, 0.2) is 24.3 Å². The van der Waals surface area contributed by atoms with E-state index in [4.69, 9.17) is 11.5 Å². The lowest BCUT2D eigenvalue weighted by molar-refractivity contribution is 0.248. The van der Waals surface area contributed by atoms with E-state index in [-0.39, 0.29) is 0 Å². The fourth-order valence-electron chi connectivity index (χ4n) is 6.68. The normalized spacial score (nSPS) is 48.9. The monoisotopic (exact) mass is 328 g/mol. The van der Waals surface area contributed by atoms with Crippen LogP contribution < -0.4 is 11.5 Å². The molecule has 2 nitrogen and oxygen atoms in total. The van der Waals surface area contributed by atoms with Gasteiger partial charge in [-0.3, -0.25) is 0 Å². The maximum atomic E-state index is 6.46. The minimum absolute atomic E-state index is 0.388. The summed E-state index contributed by atoms with van der Waals surface area (Å²) in [5.41, 5.74) is 12.9. The van der Waals surface area contributed by atoms with Crippen molar-refractivity contribution in [3.63, 3.8) is 0 Å². The SMILES string of the molecule is N[C@@H]1C[C@@H]2CCCC[C@H]2[C@@H]1/C=C/C=C/[C@H]1[C@@H]2CCCC[C@H]2C[C@@H]1N. The van der Waals surface area contributed by atoms with E-state index in [0.717, 1.165) is 23.7 Å². The zero-order valence-corrected chi connectivity index (χ0v) is 15.2. The van der Waals surface area contributed by atoms with Crippen molar-refractivity contribution < 1.29 is 0 Å². The van der Waals surface area contributed by atoms with E-state index in [0.29, 0.717) is 23.9 Å². The number of hydrogen-bond acceptors (Lipinski definition) is 2. The van der Waals surface area contributed by atoms with Crippen molar-refractivity contribution >= 4 is 0 Å². The first-order valence-corrected chi connectivity index (χ1v) is 10.6. The molecule has 4 aliphatic rings. The highest BCUT2D eigenvalue weighted by molar-refractivity contribution is 5.14. The molecule has 0 aromatic rings. The molecule has 0 radical (unpaired) electrons. The summed E-state index contributed by atoms with van der Waals surface area (Å²) in [6, 6.07) is 0.776. The predicted octanol–water partition coefficient (Wildman–Crippen LogP) is 4.41. The second-order valence-corrected chi connectivity index (χ2v) is 9.14. The van der Waals surface area contributed by atoms with E-state index in [2.05, 4.69) is 24.3 Å². The standard InChI is InChI=1S/C22H36N2/c23-21-13-15-7-1-3-9-17(15)19(21)11-5-6-12-20-18-10-4-2-8-16(18)14-22(20)24/h5-6,11-12,15-22H,1-4,7-10,13-14,23-24H2/b11-5+,12-6+/t15-,16-,17+,18+,19-,20-,21-,22+/m0/s1. The Kier molecular flexibility index (Phi) is 5.15. The highest BCUT2D eigenvalue weighted by Gasteiger charge is 2.41. The summed E-state index contributed by atoms with van der Waals surface area (Å²) in [4.78, 5) is 0. The van der Waals surface area contributed by atoms with Gasteiger partial charge in [-0.2, -0.15) is 0 Å². The summed E-state index contributed by atoms with van der Waals surface area (Å²) < 4.78 is 0. The zero-order valence-electron chi connectivity index (χ0n) is 15.2. The number of hydrogen-bond donors (Lipinski definition) is 2. The Bertz CT molecular complexity index is 438. The van der Waals surface area contributed by atoms with Crippen LogP contribution in [-0.2, 0) is 0 Å². The van der Waals surface area contributed by atoms with E-state index < -0.39 is 0 Å². The Hall–Kier alpha value is -0.600. The van der Waals surface area contributed by atoms with Gasteiger partial charge in [0.05, 0.1) is 0 Å². The first kappa shape index (κ1) is 16.8. The molecule has 0 aromatic heterocycles. The van der Waals surface area contributed by atoms with E-state index in [9.17, 15) is 0 Å². The summed E-state index contributed by atoms with van der Waals surface area (Å²) in [6.45, 7) is 0. The van der Waals surface area contributed by atoms with Gasteiger partial charge in [0.2, 0.25) is 0 Å². The zero-order chi connectivity index (χ0) is 16.5. The minimum atomic E-state index is 0.388. The van der Waals surface area contributed by atoms with Crippen molar-refractivity contribution in [2.45, 2.75) is 76.3 Å². The van der Waals surface area contributed by atoms with Crippen LogP contribution in [0.25, 0.3) is 0 Å². The number of nitrogens with two attached hydrogens (primary N) is 2. The summed E-state index contributed by atoms with van der Waals surface area (Å²) in [6.07, 6.45) is 23.2. The molecule has 4 N–H and O–H groups in total. The second-order valence-electron chi connectivity index (χ2n) is 9.14. The fraction of sp³-hybridized carbons (Fsp3) is 0.818. The molecule has 134 valence electrons. The highest BCUT2D eigenvalue weighted by Crippen LogP contribution is 2.47. The third-order valence-electron chi connectivity index (χ3n) is 7.84. The highest BCUT2D eigenvalue weighted by atomic mass is 14.7. The average molecular weight is 329 g/mol. The number of rotatable bonds is 3. The van der Waals surface area contributed by atoms with Crippen molar-refractivity contribution in [3.05, 3.63) is 24.3 Å². The molecule has 2 heteroatoms. The van der Waals surface area contributed by atoms with Crippen LogP contribution in [0.4, 0.5) is 0 Å². The summed E-state index contributed by atoms with van der Waals surface area (Å²) in [5.74, 6) is 4.74. The smallest absolute Gasteiger partial charge is 0.0107 e. The van der Waals surface area contributed by atoms with Crippen LogP contribution in [0, 0.1) is 35.5 Å². The van der Waals surface area contributed by atoms with E-state index in [1.54, 1.807) is 0 Å². The molecule has 24 heavy (non-hydrogen) atoms. The lowest BCUT2D eigenvalue weighted by Crippen LogP contribution is -2.27. The van der Waals surface area contributed by atoms with E-state index in [1.165, 1.54) is 64.2 Å². The Labute approximate surface area is 148 Å². The first-order valence-electron chi connectivity index (χ1n) is 10.6. The Morgan fingerprint density at radius 2 is 1.00 bits per heavy atom. The molecule has 8 atom stereocenters. The summed E-state index contributed by atoms with van der Waals surface area (Å²) in [5, 5.41) is 0. The van der Waals surface area contributed by atoms with E-state index in [1.807, 2.05) is 0 Å². The Morgan fingerprint density at radius 3 is 1.46 bits per heavy atom. The lowest BCUT2D eigenvalue weighted by Gasteiger charge is -2.28. The van der Waals surface area contributed by atoms with Gasteiger partial charge in [-0.25, -0.2) is 0 Å². The molecule has 4 fully saturated rings. The van der Waals surface area contributed by atoms with Gasteiger partial charge in [0.25, 0.3) is 0 Å². The van der Waals surface area contributed by atoms with Gasteiger partial charge >= 0.3 is 0 Å². The van der Waals surface area contributed by atoms with Crippen LogP contribution in [0.2, 0.25) is 0 Å². The molecule has 0 bridgehead atoms. The molecule has 4 saturated carbocycles. The first-order chi connectivity index (χ1) is 11.7. The molecular weight excluding hydrogens is 292 g/mol. The quantitative estimate of drug-likeness (QED) is 0.754. The largest absolute Gasteiger partial charge is 0.327 e. The second kappa shape index (κ2) is 7.33. The van der Waals surface area contributed by atoms with Crippen LogP contribution in [0.1, 0.15) is 64.2 Å².